The van der Waals surface area contributed by atoms with Crippen LogP contribution in [-0.4, -0.2) is 60.5 Å². The van der Waals surface area contributed by atoms with E-state index in [1.165, 1.54) is 51.4 Å². The van der Waals surface area contributed by atoms with E-state index in [-0.39, 0.29) is 13.0 Å². The zero-order valence-corrected chi connectivity index (χ0v) is 41.2. The van der Waals surface area contributed by atoms with Crippen LogP contribution in [0, 0.1) is 0 Å². The molecule has 0 saturated carbocycles. The molecule has 0 radical (unpaired) electrons. The highest BCUT2D eigenvalue weighted by atomic mass is 31.2. The summed E-state index contributed by atoms with van der Waals surface area (Å²) in [5, 5.41) is 8.92. The molecule has 3 unspecified atom stereocenters. The van der Waals surface area contributed by atoms with Gasteiger partial charge in [-0.15, -0.1) is 0 Å². The van der Waals surface area contributed by atoms with Crippen molar-refractivity contribution in [2.45, 2.75) is 180 Å². The quantitative estimate of drug-likeness (QED) is 0.0233. The Morgan fingerprint density at radius 2 is 0.846 bits per heavy atom. The van der Waals surface area contributed by atoms with Gasteiger partial charge in [0.05, 0.1) is 19.8 Å². The van der Waals surface area contributed by atoms with Gasteiger partial charge in [-0.1, -0.05) is 193 Å². The predicted molar refractivity (Wildman–Crippen MR) is 272 cm³/mol. The second-order valence-electron chi connectivity index (χ2n) is 15.8. The molecule has 0 spiro atoms. The molecule has 0 aliphatic rings. The SMILES string of the molecule is CC/C=C\C/C=C\C/C=C\C/C=C\C/C=C\C/C=C\CCC(=O)OC(COCCCCCCCCCCCCC/C=C\C/C=C\C/C=C\C/C=C\CC)COP(=O)(O)OCC(N)C(=O)O. The minimum absolute atomic E-state index is 0.0241. The van der Waals surface area contributed by atoms with E-state index in [1.54, 1.807) is 0 Å². The number of carboxylic acid groups (broad SMARTS) is 1. The fourth-order valence-electron chi connectivity index (χ4n) is 6.03. The number of hydrogen-bond donors (Lipinski definition) is 3. The van der Waals surface area contributed by atoms with E-state index in [9.17, 15) is 19.0 Å². The largest absolute Gasteiger partial charge is 0.480 e. The molecule has 0 heterocycles. The van der Waals surface area contributed by atoms with Crippen molar-refractivity contribution >= 4 is 19.8 Å². The molecule has 0 saturated heterocycles. The number of aliphatic carboxylic acids is 1. The summed E-state index contributed by atoms with van der Waals surface area (Å²) in [4.78, 5) is 33.6. The molecule has 65 heavy (non-hydrogen) atoms. The summed E-state index contributed by atoms with van der Waals surface area (Å²) < 4.78 is 33.4. The van der Waals surface area contributed by atoms with Crippen LogP contribution in [0.3, 0.4) is 0 Å². The van der Waals surface area contributed by atoms with Gasteiger partial charge in [0.15, 0.2) is 0 Å². The van der Waals surface area contributed by atoms with E-state index in [1.807, 2.05) is 12.2 Å². The maximum Gasteiger partial charge on any atom is 0.472 e. The number of unbranched alkanes of at least 4 members (excludes halogenated alkanes) is 11. The Kier molecular flexibility index (Phi) is 45.6. The summed E-state index contributed by atoms with van der Waals surface area (Å²) in [5.74, 6) is -1.88. The Labute approximate surface area is 394 Å². The lowest BCUT2D eigenvalue weighted by Gasteiger charge is -2.20. The monoisotopic (exact) mass is 926 g/mol. The lowest BCUT2D eigenvalue weighted by atomic mass is 10.1. The maximum atomic E-state index is 12.6. The molecule has 0 aromatic heterocycles. The first-order valence-corrected chi connectivity index (χ1v) is 26.1. The highest BCUT2D eigenvalue weighted by Crippen LogP contribution is 2.43. The van der Waals surface area contributed by atoms with Crippen LogP contribution in [0.4, 0.5) is 0 Å². The molecule has 0 bridgehead atoms. The lowest BCUT2D eigenvalue weighted by Crippen LogP contribution is -2.34. The average molecular weight is 926 g/mol. The predicted octanol–water partition coefficient (Wildman–Crippen LogP) is 14.4. The first kappa shape index (κ1) is 61.4. The Hall–Kier alpha value is -3.63. The highest BCUT2D eigenvalue weighted by molar-refractivity contribution is 7.47. The van der Waals surface area contributed by atoms with Gasteiger partial charge >= 0.3 is 19.8 Å². The van der Waals surface area contributed by atoms with Gasteiger partial charge < -0.3 is 25.2 Å². The van der Waals surface area contributed by atoms with Gasteiger partial charge in [-0.25, -0.2) is 4.57 Å². The minimum atomic E-state index is -4.65. The first-order chi connectivity index (χ1) is 31.7. The van der Waals surface area contributed by atoms with Crippen molar-refractivity contribution in [3.8, 4) is 0 Å². The zero-order chi connectivity index (χ0) is 47.6. The number of esters is 1. The van der Waals surface area contributed by atoms with E-state index in [0.717, 1.165) is 89.9 Å². The third-order valence-electron chi connectivity index (χ3n) is 9.75. The van der Waals surface area contributed by atoms with Crippen molar-refractivity contribution in [2.75, 3.05) is 26.4 Å². The number of carbonyl (C=O) groups excluding carboxylic acids is 1. The van der Waals surface area contributed by atoms with Crippen molar-refractivity contribution in [2.24, 2.45) is 5.73 Å². The third-order valence-corrected chi connectivity index (χ3v) is 10.7. The van der Waals surface area contributed by atoms with Gasteiger partial charge in [0.25, 0.3) is 0 Å². The summed E-state index contributed by atoms with van der Waals surface area (Å²) in [6.07, 6.45) is 67.0. The Bertz CT molecular complexity index is 1490. The van der Waals surface area contributed by atoms with E-state index in [0.29, 0.717) is 13.0 Å². The summed E-state index contributed by atoms with van der Waals surface area (Å²) in [5.41, 5.74) is 5.36. The summed E-state index contributed by atoms with van der Waals surface area (Å²) in [6.45, 7) is 3.54. The van der Waals surface area contributed by atoms with Gasteiger partial charge in [0.1, 0.15) is 12.1 Å². The molecule has 0 rings (SSSR count). The van der Waals surface area contributed by atoms with Gasteiger partial charge in [0.2, 0.25) is 0 Å². The second-order valence-corrected chi connectivity index (χ2v) is 17.3. The molecule has 4 N–H and O–H groups in total. The van der Waals surface area contributed by atoms with Gasteiger partial charge in [-0.3, -0.25) is 18.6 Å². The smallest absolute Gasteiger partial charge is 0.472 e. The van der Waals surface area contributed by atoms with Crippen molar-refractivity contribution < 1.29 is 42.7 Å². The van der Waals surface area contributed by atoms with Crippen LogP contribution in [0.25, 0.3) is 0 Å². The van der Waals surface area contributed by atoms with Gasteiger partial charge in [-0.2, -0.15) is 0 Å². The number of nitrogens with two attached hydrogens (primary N) is 1. The summed E-state index contributed by atoms with van der Waals surface area (Å²) in [6, 6.07) is -1.49. The molecular weight excluding hydrogens is 838 g/mol. The van der Waals surface area contributed by atoms with Gasteiger partial charge in [-0.05, 0) is 89.9 Å². The number of rotatable bonds is 45. The number of carbonyl (C=O) groups is 2. The molecular formula is C54H88NO9P. The summed E-state index contributed by atoms with van der Waals surface area (Å²) in [7, 11) is -4.65. The van der Waals surface area contributed by atoms with Crippen molar-refractivity contribution in [1.29, 1.82) is 0 Å². The molecule has 0 amide bonds. The van der Waals surface area contributed by atoms with E-state index in [2.05, 4.69) is 123 Å². The molecule has 0 aromatic rings. The molecule has 0 aromatic carbocycles. The van der Waals surface area contributed by atoms with Crippen LogP contribution < -0.4 is 5.73 Å². The molecule has 3 atom stereocenters. The van der Waals surface area contributed by atoms with Gasteiger partial charge in [0, 0.05) is 13.0 Å². The molecule has 0 fully saturated rings. The number of ether oxygens (including phenoxy) is 2. The van der Waals surface area contributed by atoms with Crippen LogP contribution in [0.5, 0.6) is 0 Å². The number of phosphoric acid groups is 1. The fourth-order valence-corrected chi connectivity index (χ4v) is 6.81. The van der Waals surface area contributed by atoms with Crippen LogP contribution in [-0.2, 0) is 32.7 Å². The highest BCUT2D eigenvalue weighted by Gasteiger charge is 2.27. The van der Waals surface area contributed by atoms with Crippen molar-refractivity contribution in [3.63, 3.8) is 0 Å². The maximum absolute atomic E-state index is 12.6. The lowest BCUT2D eigenvalue weighted by molar-refractivity contribution is -0.154. The van der Waals surface area contributed by atoms with E-state index in [4.69, 9.17) is 29.4 Å². The third kappa shape index (κ3) is 48.1. The molecule has 0 aliphatic carbocycles. The molecule has 10 nitrogen and oxygen atoms in total. The molecule has 0 aliphatic heterocycles. The van der Waals surface area contributed by atoms with E-state index < -0.39 is 45.1 Å². The number of hydrogen-bond acceptors (Lipinski definition) is 8. The summed E-state index contributed by atoms with van der Waals surface area (Å²) >= 11 is 0. The first-order valence-electron chi connectivity index (χ1n) is 24.6. The number of allylic oxidation sites excluding steroid dienone is 20. The average Bonchev–Trinajstić information content (AvgIpc) is 3.29. The van der Waals surface area contributed by atoms with Crippen molar-refractivity contribution in [1.82, 2.24) is 0 Å². The molecule has 368 valence electrons. The molecule has 11 heteroatoms. The fraction of sp³-hybridized carbons (Fsp3) is 0.593. The minimum Gasteiger partial charge on any atom is -0.480 e. The van der Waals surface area contributed by atoms with Crippen molar-refractivity contribution in [3.05, 3.63) is 122 Å². The Morgan fingerprint density at radius 3 is 1.26 bits per heavy atom. The Balaban J connectivity index is 4.28. The number of phosphoric ester groups is 1. The normalized spacial score (nSPS) is 14.8. The van der Waals surface area contributed by atoms with E-state index >= 15 is 0 Å². The van der Waals surface area contributed by atoms with Crippen LogP contribution in [0.2, 0.25) is 0 Å². The van der Waals surface area contributed by atoms with Crippen LogP contribution in [0.1, 0.15) is 168 Å². The zero-order valence-electron chi connectivity index (χ0n) is 40.3. The Morgan fingerprint density at radius 1 is 0.492 bits per heavy atom. The topological polar surface area (TPSA) is 155 Å². The van der Waals surface area contributed by atoms with Crippen LogP contribution >= 0.6 is 7.82 Å². The second kappa shape index (κ2) is 48.3. The standard InChI is InChI=1S/C54H88NO9P/c1-3-5-7-9-11-13-15-17-19-21-23-24-25-26-27-29-31-33-35-37-39-41-43-45-47-61-48-51(49-62-65(59,60)63-50-52(55)54(57)58)64-53(56)46-44-42-40-38-36-34-32-30-28-22-20-18-16-14-12-10-8-6-4-2/h5-8,11-14,17-20,23-24,28,30,34,36,40,42,51-52H,3-4,9-10,15-16,21-22,25-27,29,31-33,35,37-39,41,43-50,55H2,1-2H3,(H,57,58)(H,59,60)/b7-5-,8-6-,13-11-,14-12-,19-17-,20-18-,24-23-,30-28-,36-34-,42-40-. The van der Waals surface area contributed by atoms with Crippen LogP contribution in [0.15, 0.2) is 122 Å². The number of carboxylic acids is 1.